The van der Waals surface area contributed by atoms with Crippen LogP contribution in [0.2, 0.25) is 0 Å². The number of hydrazine groups is 1. The van der Waals surface area contributed by atoms with Crippen molar-refractivity contribution in [2.24, 2.45) is 0 Å². The highest BCUT2D eigenvalue weighted by Crippen LogP contribution is 2.07. The standard InChI is InChI=1S/C15H19N5O3S/c1-10(9-23-2)17-15(24)19-18-14(22)8-20-12-6-4-3-5-11(12)13(21)7-16-20/h3-7,10H,8-9H2,1-2H3,(H,18,22)(H2,17,19,24)/t10-/m0/s1. The fourth-order valence-electron chi connectivity index (χ4n) is 2.14. The molecule has 0 spiro atoms. The molecule has 0 saturated heterocycles. The number of methoxy groups -OCH3 is 1. The van der Waals surface area contributed by atoms with E-state index >= 15 is 0 Å². The number of hydrogen-bond acceptors (Lipinski definition) is 5. The molecule has 2 rings (SSSR count). The molecule has 9 heteroatoms. The molecule has 0 saturated carbocycles. The highest BCUT2D eigenvalue weighted by Gasteiger charge is 2.09. The lowest BCUT2D eigenvalue weighted by atomic mass is 10.2. The van der Waals surface area contributed by atoms with Crippen LogP contribution in [0.1, 0.15) is 6.92 Å². The summed E-state index contributed by atoms with van der Waals surface area (Å²) in [4.78, 5) is 23.8. The van der Waals surface area contributed by atoms with Crippen molar-refractivity contribution in [1.82, 2.24) is 25.9 Å². The second-order valence-corrected chi connectivity index (χ2v) is 5.59. The number of hydrogen-bond donors (Lipinski definition) is 3. The topological polar surface area (TPSA) is 97.3 Å². The number of rotatable bonds is 5. The second-order valence-electron chi connectivity index (χ2n) is 5.19. The van der Waals surface area contributed by atoms with E-state index in [0.717, 1.165) is 0 Å². The van der Waals surface area contributed by atoms with Gasteiger partial charge in [0.15, 0.2) is 5.11 Å². The summed E-state index contributed by atoms with van der Waals surface area (Å²) in [5.74, 6) is -0.347. The van der Waals surface area contributed by atoms with Crippen LogP contribution in [-0.4, -0.2) is 40.6 Å². The van der Waals surface area contributed by atoms with Gasteiger partial charge in [-0.3, -0.25) is 25.1 Å². The molecule has 1 amide bonds. The van der Waals surface area contributed by atoms with Gasteiger partial charge in [-0.2, -0.15) is 5.10 Å². The number of carbonyl (C=O) groups is 1. The third-order valence-electron chi connectivity index (χ3n) is 3.16. The van der Waals surface area contributed by atoms with Crippen LogP contribution in [0, 0.1) is 0 Å². The zero-order valence-electron chi connectivity index (χ0n) is 13.4. The van der Waals surface area contributed by atoms with Gasteiger partial charge < -0.3 is 10.1 Å². The summed E-state index contributed by atoms with van der Waals surface area (Å²) in [5, 5.41) is 7.75. The Morgan fingerprint density at radius 2 is 2.12 bits per heavy atom. The first-order valence-electron chi connectivity index (χ1n) is 7.30. The first-order valence-corrected chi connectivity index (χ1v) is 7.71. The fraction of sp³-hybridized carbons (Fsp3) is 0.333. The minimum Gasteiger partial charge on any atom is -0.383 e. The lowest BCUT2D eigenvalue weighted by molar-refractivity contribution is -0.122. The van der Waals surface area contributed by atoms with Gasteiger partial charge in [0.05, 0.1) is 18.3 Å². The number of fused-ring (bicyclic) bond motifs is 1. The van der Waals surface area contributed by atoms with E-state index in [1.54, 1.807) is 31.4 Å². The molecule has 1 aromatic heterocycles. The number of amides is 1. The molecule has 1 aromatic carbocycles. The molecule has 0 aliphatic carbocycles. The second kappa shape index (κ2) is 8.37. The third kappa shape index (κ3) is 4.74. The van der Waals surface area contributed by atoms with Gasteiger partial charge in [0, 0.05) is 18.5 Å². The molecular formula is C15H19N5O3S. The normalized spacial score (nSPS) is 11.8. The summed E-state index contributed by atoms with van der Waals surface area (Å²) in [6.45, 7) is 2.34. The molecule has 1 atom stereocenters. The summed E-state index contributed by atoms with van der Waals surface area (Å²) in [6.07, 6.45) is 1.20. The molecule has 2 aromatic rings. The number of thiocarbonyl (C=S) groups is 1. The molecule has 1 heterocycles. The summed E-state index contributed by atoms with van der Waals surface area (Å²) in [6, 6.07) is 7.00. The minimum atomic E-state index is -0.347. The molecule has 3 N–H and O–H groups in total. The summed E-state index contributed by atoms with van der Waals surface area (Å²) in [5.41, 5.74) is 5.51. The number of nitrogens with zero attached hydrogens (tertiary/aromatic N) is 2. The average molecular weight is 349 g/mol. The maximum Gasteiger partial charge on any atom is 0.260 e. The molecule has 0 aliphatic rings. The summed E-state index contributed by atoms with van der Waals surface area (Å²) in [7, 11) is 1.60. The molecule has 0 radical (unpaired) electrons. The highest BCUT2D eigenvalue weighted by molar-refractivity contribution is 7.80. The Hall–Kier alpha value is -2.52. The molecule has 24 heavy (non-hydrogen) atoms. The van der Waals surface area contributed by atoms with Gasteiger partial charge in [-0.15, -0.1) is 0 Å². The molecule has 0 aliphatic heterocycles. The zero-order valence-corrected chi connectivity index (χ0v) is 14.2. The SMILES string of the molecule is COC[C@H](C)NC(=S)NNC(=O)Cn1ncc(=O)c2ccccc21. The lowest BCUT2D eigenvalue weighted by Gasteiger charge is -2.16. The van der Waals surface area contributed by atoms with Crippen molar-refractivity contribution in [2.45, 2.75) is 19.5 Å². The van der Waals surface area contributed by atoms with E-state index < -0.39 is 0 Å². The Morgan fingerprint density at radius 3 is 2.88 bits per heavy atom. The number of aromatic nitrogens is 2. The van der Waals surface area contributed by atoms with Crippen molar-refractivity contribution in [3.05, 3.63) is 40.7 Å². The van der Waals surface area contributed by atoms with Gasteiger partial charge in [0.1, 0.15) is 6.54 Å². The molecular weight excluding hydrogens is 330 g/mol. The maximum atomic E-state index is 12.0. The predicted molar refractivity (Wildman–Crippen MR) is 94.4 cm³/mol. The van der Waals surface area contributed by atoms with E-state index in [1.165, 1.54) is 10.9 Å². The van der Waals surface area contributed by atoms with E-state index in [0.29, 0.717) is 17.5 Å². The maximum absolute atomic E-state index is 12.0. The van der Waals surface area contributed by atoms with E-state index in [9.17, 15) is 9.59 Å². The van der Waals surface area contributed by atoms with E-state index in [1.807, 2.05) is 6.92 Å². The van der Waals surface area contributed by atoms with Crippen LogP contribution in [-0.2, 0) is 16.1 Å². The van der Waals surface area contributed by atoms with E-state index in [4.69, 9.17) is 17.0 Å². The molecule has 8 nitrogen and oxygen atoms in total. The van der Waals surface area contributed by atoms with Crippen molar-refractivity contribution in [2.75, 3.05) is 13.7 Å². The predicted octanol–water partition coefficient (Wildman–Crippen LogP) is -0.0733. The first kappa shape index (κ1) is 17.8. The van der Waals surface area contributed by atoms with Crippen LogP contribution in [0.25, 0.3) is 10.9 Å². The number of ether oxygens (including phenoxy) is 1. The molecule has 0 bridgehead atoms. The lowest BCUT2D eigenvalue weighted by Crippen LogP contribution is -2.50. The monoisotopic (exact) mass is 349 g/mol. The van der Waals surface area contributed by atoms with Crippen molar-refractivity contribution in [3.8, 4) is 0 Å². The molecule has 128 valence electrons. The van der Waals surface area contributed by atoms with Gasteiger partial charge in [-0.05, 0) is 31.3 Å². The third-order valence-corrected chi connectivity index (χ3v) is 3.38. The van der Waals surface area contributed by atoms with Gasteiger partial charge in [-0.1, -0.05) is 12.1 Å². The van der Waals surface area contributed by atoms with E-state index in [2.05, 4.69) is 21.3 Å². The Balaban J connectivity index is 1.95. The largest absolute Gasteiger partial charge is 0.383 e. The number of nitrogens with one attached hydrogen (secondary N) is 3. The summed E-state index contributed by atoms with van der Waals surface area (Å²) < 4.78 is 6.44. The van der Waals surface area contributed by atoms with Crippen molar-refractivity contribution in [1.29, 1.82) is 0 Å². The van der Waals surface area contributed by atoms with Crippen LogP contribution in [0.4, 0.5) is 0 Å². The Morgan fingerprint density at radius 1 is 1.38 bits per heavy atom. The van der Waals surface area contributed by atoms with Gasteiger partial charge in [-0.25, -0.2) is 0 Å². The number of para-hydroxylation sites is 1. The smallest absolute Gasteiger partial charge is 0.260 e. The molecule has 0 unspecified atom stereocenters. The zero-order chi connectivity index (χ0) is 17.5. The van der Waals surface area contributed by atoms with E-state index in [-0.39, 0.29) is 29.0 Å². The van der Waals surface area contributed by atoms with Gasteiger partial charge in [0.2, 0.25) is 5.43 Å². The van der Waals surface area contributed by atoms with Crippen molar-refractivity contribution < 1.29 is 9.53 Å². The number of carbonyl (C=O) groups excluding carboxylic acids is 1. The van der Waals surface area contributed by atoms with Gasteiger partial charge in [0.25, 0.3) is 5.91 Å². The summed E-state index contributed by atoms with van der Waals surface area (Å²) >= 11 is 5.07. The Bertz CT molecular complexity index is 792. The quantitative estimate of drug-likeness (QED) is 0.513. The Labute approximate surface area is 144 Å². The van der Waals surface area contributed by atoms with Gasteiger partial charge >= 0.3 is 0 Å². The van der Waals surface area contributed by atoms with Crippen LogP contribution in [0.5, 0.6) is 0 Å². The number of benzene rings is 1. The fourth-order valence-corrected chi connectivity index (χ4v) is 2.39. The van der Waals surface area contributed by atoms with Crippen molar-refractivity contribution in [3.63, 3.8) is 0 Å². The van der Waals surface area contributed by atoms with Crippen LogP contribution >= 0.6 is 12.2 Å². The highest BCUT2D eigenvalue weighted by atomic mass is 32.1. The van der Waals surface area contributed by atoms with Crippen LogP contribution in [0.15, 0.2) is 35.3 Å². The first-order chi connectivity index (χ1) is 11.5. The van der Waals surface area contributed by atoms with Crippen molar-refractivity contribution >= 4 is 34.1 Å². The molecule has 0 fully saturated rings. The Kier molecular flexibility index (Phi) is 6.21. The average Bonchev–Trinajstić information content (AvgIpc) is 2.56. The van der Waals surface area contributed by atoms with Crippen LogP contribution < -0.4 is 21.6 Å². The minimum absolute atomic E-state index is 0.0106. The van der Waals surface area contributed by atoms with Crippen LogP contribution in [0.3, 0.4) is 0 Å².